The summed E-state index contributed by atoms with van der Waals surface area (Å²) in [7, 11) is 1.66. The van der Waals surface area contributed by atoms with Crippen molar-refractivity contribution in [1.82, 2.24) is 14.9 Å². The Bertz CT molecular complexity index is 1310. The minimum Gasteiger partial charge on any atom is -0.487 e. The minimum atomic E-state index is -2.73. The molecule has 0 fully saturated rings. The van der Waals surface area contributed by atoms with E-state index in [1.807, 2.05) is 0 Å². The molecule has 0 radical (unpaired) electrons. The fraction of sp³-hybridized carbons (Fsp3) is 0.348. The summed E-state index contributed by atoms with van der Waals surface area (Å²) in [6, 6.07) is 6.02. The standard InChI is InChI=1S/C23H25Cl2F2N5O4/c1-23(2,3)36-22(34)29-9-11-5-6-13(24)19(18(11)25)31-21-30-14-7-12(20(28)33)16(35-10-17(26)27)8-15(14)32(21)4/h5-8,17H,9-10H2,1-4H3,(H2,28,33)(H,29,34)(H,30,31). The fourth-order valence-electron chi connectivity index (χ4n) is 3.24. The van der Waals surface area contributed by atoms with Crippen LogP contribution >= 0.6 is 23.2 Å². The molecule has 0 atom stereocenters. The van der Waals surface area contributed by atoms with E-state index in [2.05, 4.69) is 15.6 Å². The molecule has 13 heteroatoms. The highest BCUT2D eigenvalue weighted by Gasteiger charge is 2.20. The Labute approximate surface area is 215 Å². The zero-order valence-electron chi connectivity index (χ0n) is 19.9. The molecule has 0 aliphatic carbocycles. The molecule has 0 bridgehead atoms. The number of carbonyl (C=O) groups is 2. The van der Waals surface area contributed by atoms with E-state index < -0.39 is 30.6 Å². The Morgan fingerprint density at radius 3 is 2.53 bits per heavy atom. The topological polar surface area (TPSA) is 121 Å². The Balaban J connectivity index is 1.92. The molecule has 2 amide bonds. The van der Waals surface area contributed by atoms with Gasteiger partial charge in [-0.3, -0.25) is 4.79 Å². The average molecular weight is 544 g/mol. The van der Waals surface area contributed by atoms with Gasteiger partial charge in [-0.1, -0.05) is 29.3 Å². The van der Waals surface area contributed by atoms with Crippen LogP contribution < -0.4 is 21.1 Å². The summed E-state index contributed by atoms with van der Waals surface area (Å²) in [6.45, 7) is 4.43. The number of carbonyl (C=O) groups excluding carboxylic acids is 2. The number of hydrogen-bond donors (Lipinski definition) is 3. The zero-order valence-corrected chi connectivity index (χ0v) is 21.4. The third-order valence-corrected chi connectivity index (χ3v) is 5.59. The van der Waals surface area contributed by atoms with Gasteiger partial charge in [0.1, 0.15) is 18.0 Å². The van der Waals surface area contributed by atoms with Crippen LogP contribution in [-0.4, -0.2) is 40.2 Å². The number of imidazole rings is 1. The van der Waals surface area contributed by atoms with Crippen LogP contribution in [0, 0.1) is 0 Å². The molecule has 0 saturated heterocycles. The van der Waals surface area contributed by atoms with Gasteiger partial charge in [0.25, 0.3) is 12.3 Å². The quantitative estimate of drug-likeness (QED) is 0.350. The number of aromatic nitrogens is 2. The van der Waals surface area contributed by atoms with Gasteiger partial charge >= 0.3 is 6.09 Å². The largest absolute Gasteiger partial charge is 0.487 e. The van der Waals surface area contributed by atoms with Crippen LogP contribution in [0.3, 0.4) is 0 Å². The van der Waals surface area contributed by atoms with E-state index in [0.717, 1.165) is 0 Å². The minimum absolute atomic E-state index is 0.0783. The van der Waals surface area contributed by atoms with Gasteiger partial charge in [-0.25, -0.2) is 18.6 Å². The normalized spacial score (nSPS) is 11.6. The van der Waals surface area contributed by atoms with Crippen LogP contribution in [0.1, 0.15) is 36.7 Å². The number of primary amides is 1. The maximum absolute atomic E-state index is 12.6. The van der Waals surface area contributed by atoms with Crippen molar-refractivity contribution in [3.8, 4) is 5.75 Å². The predicted molar refractivity (Wildman–Crippen MR) is 134 cm³/mol. The molecule has 1 aromatic heterocycles. The molecule has 9 nitrogen and oxygen atoms in total. The molecule has 1 heterocycles. The van der Waals surface area contributed by atoms with Crippen molar-refractivity contribution in [3.05, 3.63) is 45.4 Å². The lowest BCUT2D eigenvalue weighted by Gasteiger charge is -2.20. The van der Waals surface area contributed by atoms with Gasteiger partial charge in [0.05, 0.1) is 32.3 Å². The molecular formula is C23H25Cl2F2N5O4. The molecule has 3 aromatic rings. The SMILES string of the molecule is Cn1c(Nc2c(Cl)ccc(CNC(=O)OC(C)(C)C)c2Cl)nc2cc(C(N)=O)c(OCC(F)F)cc21. The van der Waals surface area contributed by atoms with Gasteiger partial charge in [-0.05, 0) is 38.5 Å². The maximum Gasteiger partial charge on any atom is 0.407 e. The van der Waals surface area contributed by atoms with Crippen LogP contribution in [0.25, 0.3) is 11.0 Å². The summed E-state index contributed by atoms with van der Waals surface area (Å²) in [6.07, 6.45) is -3.33. The summed E-state index contributed by atoms with van der Waals surface area (Å²) < 4.78 is 37.2. The summed E-state index contributed by atoms with van der Waals surface area (Å²) >= 11 is 12.9. The summed E-state index contributed by atoms with van der Waals surface area (Å²) in [4.78, 5) is 28.3. The number of nitrogens with two attached hydrogens (primary N) is 1. The second-order valence-electron chi connectivity index (χ2n) is 8.77. The lowest BCUT2D eigenvalue weighted by molar-refractivity contribution is 0.0523. The second-order valence-corrected chi connectivity index (χ2v) is 9.56. The number of nitrogens with one attached hydrogen (secondary N) is 2. The number of fused-ring (bicyclic) bond motifs is 1. The highest BCUT2D eigenvalue weighted by Crippen LogP contribution is 2.36. The van der Waals surface area contributed by atoms with Gasteiger partial charge in [0, 0.05) is 19.7 Å². The van der Waals surface area contributed by atoms with Crippen molar-refractivity contribution in [2.75, 3.05) is 11.9 Å². The molecule has 0 saturated carbocycles. The number of anilines is 2. The molecule has 3 rings (SSSR count). The van der Waals surface area contributed by atoms with Gasteiger partial charge in [0.2, 0.25) is 5.95 Å². The van der Waals surface area contributed by atoms with Crippen molar-refractivity contribution >= 4 is 57.9 Å². The molecule has 0 aliphatic heterocycles. The average Bonchev–Trinajstić information content (AvgIpc) is 3.07. The van der Waals surface area contributed by atoms with Crippen molar-refractivity contribution in [2.24, 2.45) is 12.8 Å². The van der Waals surface area contributed by atoms with Crippen molar-refractivity contribution in [1.29, 1.82) is 0 Å². The number of halogens is 4. The highest BCUT2D eigenvalue weighted by atomic mass is 35.5. The number of aryl methyl sites for hydroxylation is 1. The number of rotatable bonds is 8. The smallest absolute Gasteiger partial charge is 0.407 e. The second kappa shape index (κ2) is 10.8. The van der Waals surface area contributed by atoms with Crippen LogP contribution in [0.2, 0.25) is 10.0 Å². The molecule has 36 heavy (non-hydrogen) atoms. The van der Waals surface area contributed by atoms with Gasteiger partial charge in [0.15, 0.2) is 0 Å². The number of hydrogen-bond acceptors (Lipinski definition) is 6. The number of alkyl carbamates (subject to hydrolysis) is 1. The van der Waals surface area contributed by atoms with Gasteiger partial charge in [-0.2, -0.15) is 0 Å². The number of ether oxygens (including phenoxy) is 2. The van der Waals surface area contributed by atoms with E-state index in [1.54, 1.807) is 44.5 Å². The number of nitrogens with zero attached hydrogens (tertiary/aromatic N) is 2. The van der Waals surface area contributed by atoms with E-state index in [4.69, 9.17) is 38.4 Å². The van der Waals surface area contributed by atoms with Crippen LogP contribution in [0.4, 0.5) is 25.2 Å². The van der Waals surface area contributed by atoms with Crippen LogP contribution in [0.15, 0.2) is 24.3 Å². The van der Waals surface area contributed by atoms with Crippen molar-refractivity contribution in [3.63, 3.8) is 0 Å². The van der Waals surface area contributed by atoms with Crippen molar-refractivity contribution in [2.45, 2.75) is 39.3 Å². The Morgan fingerprint density at radius 2 is 1.92 bits per heavy atom. The monoisotopic (exact) mass is 543 g/mol. The Morgan fingerprint density at radius 1 is 1.22 bits per heavy atom. The predicted octanol–water partition coefficient (Wildman–Crippen LogP) is 5.39. The lowest BCUT2D eigenvalue weighted by Crippen LogP contribution is -2.32. The molecule has 0 unspecified atom stereocenters. The first-order chi connectivity index (χ1) is 16.8. The summed E-state index contributed by atoms with van der Waals surface area (Å²) in [5.41, 5.74) is 6.37. The molecule has 0 aliphatic rings. The maximum atomic E-state index is 12.6. The summed E-state index contributed by atoms with van der Waals surface area (Å²) in [5.74, 6) is -0.652. The number of amides is 2. The Hall–Kier alpha value is -3.31. The third kappa shape index (κ3) is 6.46. The molecular weight excluding hydrogens is 519 g/mol. The van der Waals surface area contributed by atoms with Crippen molar-refractivity contribution < 1.29 is 27.8 Å². The first-order valence-electron chi connectivity index (χ1n) is 10.7. The number of benzene rings is 2. The number of alkyl halides is 2. The van der Waals surface area contributed by atoms with Crippen LogP contribution in [-0.2, 0) is 18.3 Å². The van der Waals surface area contributed by atoms with Crippen LogP contribution in [0.5, 0.6) is 5.75 Å². The van der Waals surface area contributed by atoms with E-state index in [9.17, 15) is 18.4 Å². The first-order valence-corrected chi connectivity index (χ1v) is 11.4. The third-order valence-electron chi connectivity index (χ3n) is 4.84. The van der Waals surface area contributed by atoms with E-state index in [0.29, 0.717) is 22.3 Å². The van der Waals surface area contributed by atoms with Gasteiger partial charge < -0.3 is 30.4 Å². The zero-order chi connectivity index (χ0) is 26.8. The lowest BCUT2D eigenvalue weighted by atomic mass is 10.1. The van der Waals surface area contributed by atoms with E-state index >= 15 is 0 Å². The van der Waals surface area contributed by atoms with E-state index in [-0.39, 0.29) is 33.9 Å². The summed E-state index contributed by atoms with van der Waals surface area (Å²) in [5, 5.41) is 6.21. The van der Waals surface area contributed by atoms with Gasteiger partial charge in [-0.15, -0.1) is 0 Å². The fourth-order valence-corrected chi connectivity index (χ4v) is 3.77. The molecule has 0 spiro atoms. The molecule has 4 N–H and O–H groups in total. The Kier molecular flexibility index (Phi) is 8.15. The highest BCUT2D eigenvalue weighted by molar-refractivity contribution is 6.39. The molecule has 2 aromatic carbocycles. The molecule has 194 valence electrons. The van der Waals surface area contributed by atoms with E-state index in [1.165, 1.54) is 12.1 Å². The first kappa shape index (κ1) is 27.3.